The molecule has 1 aliphatic rings. The van der Waals surface area contributed by atoms with Crippen LogP contribution in [0.15, 0.2) is 18.2 Å². The van der Waals surface area contributed by atoms with Crippen molar-refractivity contribution in [2.75, 3.05) is 18.4 Å². The number of rotatable bonds is 4. The number of fused-ring (bicyclic) bond motifs is 1. The van der Waals surface area contributed by atoms with Gasteiger partial charge in [-0.05, 0) is 42.9 Å². The number of anilines is 1. The van der Waals surface area contributed by atoms with Crippen LogP contribution in [0, 0.1) is 12.3 Å². The van der Waals surface area contributed by atoms with Gasteiger partial charge < -0.3 is 5.32 Å². The highest BCUT2D eigenvalue weighted by Crippen LogP contribution is 2.27. The second kappa shape index (κ2) is 6.23. The van der Waals surface area contributed by atoms with Gasteiger partial charge >= 0.3 is 0 Å². The fourth-order valence-corrected chi connectivity index (χ4v) is 2.34. The van der Waals surface area contributed by atoms with E-state index < -0.39 is 0 Å². The number of nitrogens with one attached hydrogen (secondary N) is 2. The molecule has 0 bridgehead atoms. The van der Waals surface area contributed by atoms with Crippen molar-refractivity contribution in [3.63, 3.8) is 0 Å². The van der Waals surface area contributed by atoms with Crippen molar-refractivity contribution >= 4 is 11.6 Å². The Morgan fingerprint density at radius 1 is 1.33 bits per heavy atom. The lowest BCUT2D eigenvalue weighted by Gasteiger charge is -2.19. The average molecular weight is 242 g/mol. The fourth-order valence-electron chi connectivity index (χ4n) is 2.34. The van der Waals surface area contributed by atoms with Crippen molar-refractivity contribution < 1.29 is 4.79 Å². The van der Waals surface area contributed by atoms with Gasteiger partial charge in [0.2, 0.25) is 5.91 Å². The summed E-state index contributed by atoms with van der Waals surface area (Å²) >= 11 is 0. The molecule has 0 fully saturated rings. The molecule has 1 aromatic rings. The Bertz CT molecular complexity index is 474. The first kappa shape index (κ1) is 12.7. The zero-order valence-electron chi connectivity index (χ0n) is 10.5. The molecule has 0 saturated heterocycles. The molecule has 2 N–H and O–H groups in total. The summed E-state index contributed by atoms with van der Waals surface area (Å²) in [6, 6.07) is 6.14. The summed E-state index contributed by atoms with van der Waals surface area (Å²) in [7, 11) is 0. The van der Waals surface area contributed by atoms with Crippen LogP contribution in [-0.2, 0) is 17.6 Å². The number of hydrogen-bond acceptors (Lipinski definition) is 2. The Kier molecular flexibility index (Phi) is 4.38. The smallest absolute Gasteiger partial charge is 0.238 e. The summed E-state index contributed by atoms with van der Waals surface area (Å²) in [5, 5.41) is 5.85. The van der Waals surface area contributed by atoms with E-state index in [0.29, 0.717) is 6.54 Å². The number of terminal acetylenes is 1. The summed E-state index contributed by atoms with van der Waals surface area (Å²) in [5.74, 6) is 2.41. The monoisotopic (exact) mass is 242 g/mol. The summed E-state index contributed by atoms with van der Waals surface area (Å²) in [5.41, 5.74) is 3.63. The van der Waals surface area contributed by atoms with Crippen molar-refractivity contribution in [1.29, 1.82) is 0 Å². The SMILES string of the molecule is C#CCNCC(=O)Nc1cccc2c1CCCC2. The van der Waals surface area contributed by atoms with Gasteiger partial charge in [-0.3, -0.25) is 10.1 Å². The van der Waals surface area contributed by atoms with Gasteiger partial charge in [0.25, 0.3) is 0 Å². The average Bonchev–Trinajstić information content (AvgIpc) is 2.39. The predicted molar refractivity (Wildman–Crippen MR) is 73.4 cm³/mol. The highest BCUT2D eigenvalue weighted by Gasteiger charge is 2.13. The Balaban J connectivity index is 2.01. The lowest BCUT2D eigenvalue weighted by Crippen LogP contribution is -2.28. The van der Waals surface area contributed by atoms with Crippen LogP contribution in [0.5, 0.6) is 0 Å². The van der Waals surface area contributed by atoms with Crippen molar-refractivity contribution in [2.24, 2.45) is 0 Å². The predicted octanol–water partition coefficient (Wildman–Crippen LogP) is 1.73. The minimum absolute atomic E-state index is 0.0378. The second-order valence-corrected chi connectivity index (χ2v) is 4.51. The first-order chi connectivity index (χ1) is 8.81. The van der Waals surface area contributed by atoms with E-state index in [2.05, 4.69) is 22.6 Å². The minimum Gasteiger partial charge on any atom is -0.325 e. The maximum atomic E-state index is 11.7. The molecular weight excluding hydrogens is 224 g/mol. The minimum atomic E-state index is -0.0378. The van der Waals surface area contributed by atoms with Crippen LogP contribution >= 0.6 is 0 Å². The van der Waals surface area contributed by atoms with Crippen molar-refractivity contribution in [2.45, 2.75) is 25.7 Å². The molecule has 3 heteroatoms. The van der Waals surface area contributed by atoms with E-state index in [1.807, 2.05) is 12.1 Å². The van der Waals surface area contributed by atoms with Gasteiger partial charge in [0.1, 0.15) is 0 Å². The van der Waals surface area contributed by atoms with Crippen LogP contribution < -0.4 is 10.6 Å². The normalized spacial score (nSPS) is 13.5. The van der Waals surface area contributed by atoms with Crippen LogP contribution in [-0.4, -0.2) is 19.0 Å². The van der Waals surface area contributed by atoms with Crippen molar-refractivity contribution in [3.8, 4) is 12.3 Å². The molecule has 0 radical (unpaired) electrons. The molecule has 0 aliphatic heterocycles. The molecule has 18 heavy (non-hydrogen) atoms. The summed E-state index contributed by atoms with van der Waals surface area (Å²) in [6.07, 6.45) is 9.74. The molecule has 0 aromatic heterocycles. The van der Waals surface area contributed by atoms with E-state index in [9.17, 15) is 4.79 Å². The third kappa shape index (κ3) is 3.12. The molecule has 1 aliphatic carbocycles. The van der Waals surface area contributed by atoms with Gasteiger partial charge in [-0.15, -0.1) is 6.42 Å². The number of hydrogen-bond donors (Lipinski definition) is 2. The van der Waals surface area contributed by atoms with Gasteiger partial charge in [-0.25, -0.2) is 0 Å². The molecule has 0 spiro atoms. The standard InChI is InChI=1S/C15H18N2O/c1-2-10-16-11-15(18)17-14-9-5-7-12-6-3-4-8-13(12)14/h1,5,7,9,16H,3-4,6,8,10-11H2,(H,17,18). The van der Waals surface area contributed by atoms with Crippen LogP contribution in [0.3, 0.4) is 0 Å². The molecule has 3 nitrogen and oxygen atoms in total. The molecule has 2 rings (SSSR count). The van der Waals surface area contributed by atoms with Crippen LogP contribution in [0.1, 0.15) is 24.0 Å². The first-order valence-corrected chi connectivity index (χ1v) is 6.36. The van der Waals surface area contributed by atoms with Gasteiger partial charge in [0.05, 0.1) is 13.1 Å². The number of carbonyl (C=O) groups excluding carboxylic acids is 1. The Morgan fingerprint density at radius 3 is 3.00 bits per heavy atom. The molecule has 1 aromatic carbocycles. The highest BCUT2D eigenvalue weighted by atomic mass is 16.1. The third-order valence-electron chi connectivity index (χ3n) is 3.18. The number of aryl methyl sites for hydroxylation is 1. The zero-order valence-corrected chi connectivity index (χ0v) is 10.5. The quantitative estimate of drug-likeness (QED) is 0.623. The molecule has 0 atom stereocenters. The van der Waals surface area contributed by atoms with Crippen molar-refractivity contribution in [1.82, 2.24) is 5.32 Å². The molecule has 1 amide bonds. The lowest BCUT2D eigenvalue weighted by molar-refractivity contribution is -0.115. The maximum Gasteiger partial charge on any atom is 0.238 e. The van der Waals surface area contributed by atoms with Gasteiger partial charge in [0.15, 0.2) is 0 Å². The Hall–Kier alpha value is -1.79. The van der Waals surface area contributed by atoms with Crippen LogP contribution in [0.4, 0.5) is 5.69 Å². The number of amides is 1. The van der Waals surface area contributed by atoms with E-state index in [-0.39, 0.29) is 12.5 Å². The fraction of sp³-hybridized carbons (Fsp3) is 0.400. The number of carbonyl (C=O) groups is 1. The van der Waals surface area contributed by atoms with Crippen molar-refractivity contribution in [3.05, 3.63) is 29.3 Å². The maximum absolute atomic E-state index is 11.7. The molecule has 0 heterocycles. The van der Waals surface area contributed by atoms with E-state index in [4.69, 9.17) is 6.42 Å². The summed E-state index contributed by atoms with van der Waals surface area (Å²) in [6.45, 7) is 0.675. The molecule has 0 saturated carbocycles. The topological polar surface area (TPSA) is 41.1 Å². The van der Waals surface area contributed by atoms with Gasteiger partial charge in [-0.1, -0.05) is 18.1 Å². The van der Waals surface area contributed by atoms with Gasteiger partial charge in [0, 0.05) is 5.69 Å². The molecule has 0 unspecified atom stereocenters. The molecular formula is C15H18N2O. The largest absolute Gasteiger partial charge is 0.325 e. The van der Waals surface area contributed by atoms with E-state index in [1.165, 1.54) is 24.0 Å². The van der Waals surface area contributed by atoms with Crippen LogP contribution in [0.2, 0.25) is 0 Å². The van der Waals surface area contributed by atoms with Crippen LogP contribution in [0.25, 0.3) is 0 Å². The first-order valence-electron chi connectivity index (χ1n) is 6.36. The van der Waals surface area contributed by atoms with Gasteiger partial charge in [-0.2, -0.15) is 0 Å². The summed E-state index contributed by atoms with van der Waals surface area (Å²) in [4.78, 5) is 11.7. The second-order valence-electron chi connectivity index (χ2n) is 4.51. The lowest BCUT2D eigenvalue weighted by atomic mass is 9.90. The van der Waals surface area contributed by atoms with E-state index in [1.54, 1.807) is 0 Å². The highest BCUT2D eigenvalue weighted by molar-refractivity contribution is 5.93. The Labute approximate surface area is 108 Å². The third-order valence-corrected chi connectivity index (χ3v) is 3.18. The van der Waals surface area contributed by atoms with E-state index in [0.717, 1.165) is 18.5 Å². The zero-order chi connectivity index (χ0) is 12.8. The summed E-state index contributed by atoms with van der Waals surface area (Å²) < 4.78 is 0. The van der Waals surface area contributed by atoms with E-state index >= 15 is 0 Å². The number of benzene rings is 1. The molecule has 94 valence electrons. The Morgan fingerprint density at radius 2 is 2.17 bits per heavy atom.